The molecule has 1 atom stereocenters. The Kier molecular flexibility index (Phi) is 6.23. The van der Waals surface area contributed by atoms with Gasteiger partial charge in [0.2, 0.25) is 0 Å². The number of nitrogens with one attached hydrogen (secondary N) is 2. The molecule has 0 bridgehead atoms. The number of hydrogen-bond donors (Lipinski definition) is 4. The van der Waals surface area contributed by atoms with Crippen LogP contribution in [0.15, 0.2) is 22.8 Å². The van der Waals surface area contributed by atoms with Gasteiger partial charge in [-0.15, -0.1) is 0 Å². The smallest absolute Gasteiger partial charge is 0.332 e. The lowest BCUT2D eigenvalue weighted by atomic mass is 9.74. The van der Waals surface area contributed by atoms with Crippen molar-refractivity contribution in [3.05, 3.63) is 18.5 Å². The van der Waals surface area contributed by atoms with E-state index in [0.717, 1.165) is 31.9 Å². The maximum absolute atomic E-state index is 11.5. The van der Waals surface area contributed by atoms with Gasteiger partial charge < -0.3 is 20.8 Å². The first-order valence-corrected chi connectivity index (χ1v) is 10.1. The van der Waals surface area contributed by atoms with Gasteiger partial charge in [0.1, 0.15) is 0 Å². The summed E-state index contributed by atoms with van der Waals surface area (Å²) in [5.41, 5.74) is -1.45. The Morgan fingerprint density at radius 3 is 2.46 bits per heavy atom. The third-order valence-electron chi connectivity index (χ3n) is 5.56. The molecule has 1 aliphatic carbocycles. The number of carboxylic acids is 1. The quantitative estimate of drug-likeness (QED) is 0.471. The highest BCUT2D eigenvalue weighted by Crippen LogP contribution is 2.41. The van der Waals surface area contributed by atoms with Crippen LogP contribution in [-0.4, -0.2) is 83.2 Å². The van der Waals surface area contributed by atoms with Crippen LogP contribution in [0.1, 0.15) is 25.7 Å². The fourth-order valence-electron chi connectivity index (χ4n) is 4.08. The van der Waals surface area contributed by atoms with Crippen molar-refractivity contribution >= 4 is 22.2 Å². The van der Waals surface area contributed by atoms with Crippen molar-refractivity contribution < 1.29 is 23.4 Å². The number of aromatic nitrogens is 2. The molecule has 4 N–H and O–H groups in total. The van der Waals surface area contributed by atoms with Gasteiger partial charge in [0, 0.05) is 26.2 Å². The first-order chi connectivity index (χ1) is 13.3. The Morgan fingerprint density at radius 2 is 1.93 bits per heavy atom. The largest absolute Gasteiger partial charge is 0.480 e. The Hall–Kier alpha value is -2.15. The van der Waals surface area contributed by atoms with Crippen LogP contribution < -0.4 is 10.6 Å². The summed E-state index contributed by atoms with van der Waals surface area (Å²) in [4.78, 5) is 13.8. The molecule has 1 saturated carbocycles. The summed E-state index contributed by atoms with van der Waals surface area (Å²) in [5.74, 6) is -1.45. The number of aliphatic hydroxyl groups is 1. The topological polar surface area (TPSA) is 157 Å². The van der Waals surface area contributed by atoms with Crippen molar-refractivity contribution in [3.8, 4) is 0 Å². The standard InChI is InChI=1S/C16H24N6O5S/c23-14(24)13(21-28(26)27)15(25)2-4-16(5-3-15,22-9-7-17-8-10-22)20-12-1-6-18-19-11-12/h1,6,11,13,17,25H,2-5,7-10H2,(H,18,20)(H,23,24). The molecule has 2 heterocycles. The molecule has 3 rings (SSSR count). The van der Waals surface area contributed by atoms with E-state index in [-0.39, 0.29) is 12.8 Å². The summed E-state index contributed by atoms with van der Waals surface area (Å²) >= 11 is 0. The number of aliphatic carboxylic acids is 1. The van der Waals surface area contributed by atoms with E-state index in [4.69, 9.17) is 0 Å². The minimum atomic E-state index is -2.91. The molecular formula is C16H24N6O5S. The molecule has 154 valence electrons. The zero-order chi connectivity index (χ0) is 20.2. The number of carboxylic acid groups (broad SMARTS) is 1. The van der Waals surface area contributed by atoms with Gasteiger partial charge in [-0.3, -0.25) is 4.90 Å². The second-order valence-corrected chi connectivity index (χ2v) is 7.84. The van der Waals surface area contributed by atoms with Crippen LogP contribution >= 0.6 is 0 Å². The molecular weight excluding hydrogens is 388 g/mol. The lowest BCUT2D eigenvalue weighted by Crippen LogP contribution is -2.64. The zero-order valence-corrected chi connectivity index (χ0v) is 16.1. The maximum atomic E-state index is 11.5. The highest BCUT2D eigenvalue weighted by Gasteiger charge is 2.51. The van der Waals surface area contributed by atoms with Crippen LogP contribution in [0.25, 0.3) is 0 Å². The highest BCUT2D eigenvalue weighted by molar-refractivity contribution is 7.61. The lowest BCUT2D eigenvalue weighted by Gasteiger charge is -2.52. The van der Waals surface area contributed by atoms with Crippen LogP contribution in [0, 0.1) is 0 Å². The fraction of sp³-hybridized carbons (Fsp3) is 0.688. The molecule has 1 unspecified atom stereocenters. The van der Waals surface area contributed by atoms with Crippen molar-refractivity contribution in [2.75, 3.05) is 31.5 Å². The molecule has 2 aliphatic rings. The van der Waals surface area contributed by atoms with Gasteiger partial charge in [-0.05, 0) is 31.7 Å². The number of rotatable bonds is 6. The van der Waals surface area contributed by atoms with E-state index in [2.05, 4.69) is 30.1 Å². The first-order valence-electron chi connectivity index (χ1n) is 9.11. The number of anilines is 1. The zero-order valence-electron chi connectivity index (χ0n) is 15.3. The second-order valence-electron chi connectivity index (χ2n) is 7.19. The molecule has 0 amide bonds. The van der Waals surface area contributed by atoms with Crippen LogP contribution in [0.5, 0.6) is 0 Å². The van der Waals surface area contributed by atoms with Crippen molar-refractivity contribution in [1.29, 1.82) is 0 Å². The van der Waals surface area contributed by atoms with E-state index in [1.807, 2.05) is 0 Å². The van der Waals surface area contributed by atoms with Crippen LogP contribution in [0.2, 0.25) is 0 Å². The minimum absolute atomic E-state index is 0.0973. The van der Waals surface area contributed by atoms with Crippen molar-refractivity contribution in [1.82, 2.24) is 20.4 Å². The predicted octanol–water partition coefficient (Wildman–Crippen LogP) is -0.689. The van der Waals surface area contributed by atoms with E-state index >= 15 is 0 Å². The number of hydrogen-bond acceptors (Lipinski definition) is 10. The fourth-order valence-corrected chi connectivity index (χ4v) is 4.53. The molecule has 12 heteroatoms. The number of nitrogens with zero attached hydrogens (tertiary/aromatic N) is 4. The van der Waals surface area contributed by atoms with Gasteiger partial charge in [-0.2, -0.15) is 23.0 Å². The third kappa shape index (κ3) is 4.46. The Bertz CT molecular complexity index is 811. The van der Waals surface area contributed by atoms with Crippen molar-refractivity contribution in [3.63, 3.8) is 0 Å². The monoisotopic (exact) mass is 412 g/mol. The first kappa shape index (κ1) is 20.6. The van der Waals surface area contributed by atoms with E-state index in [0.29, 0.717) is 12.8 Å². The summed E-state index contributed by atoms with van der Waals surface area (Å²) in [7, 11) is -2.91. The normalized spacial score (nSPS) is 29.6. The highest BCUT2D eigenvalue weighted by atomic mass is 32.2. The average molecular weight is 412 g/mol. The van der Waals surface area contributed by atoms with Crippen molar-refractivity contribution in [2.24, 2.45) is 4.36 Å². The molecule has 0 radical (unpaired) electrons. The lowest BCUT2D eigenvalue weighted by molar-refractivity contribution is -0.148. The molecule has 0 spiro atoms. The summed E-state index contributed by atoms with van der Waals surface area (Å²) in [6.45, 7) is 3.23. The summed E-state index contributed by atoms with van der Waals surface area (Å²) in [6, 6.07) is 0.0858. The summed E-state index contributed by atoms with van der Waals surface area (Å²) in [5, 5.41) is 34.8. The third-order valence-corrected chi connectivity index (χ3v) is 5.94. The molecule has 1 aromatic rings. The van der Waals surface area contributed by atoms with E-state index in [1.165, 1.54) is 0 Å². The number of carbonyl (C=O) groups is 1. The van der Waals surface area contributed by atoms with Gasteiger partial charge in [0.25, 0.3) is 0 Å². The average Bonchev–Trinajstić information content (AvgIpc) is 2.69. The second kappa shape index (κ2) is 8.47. The van der Waals surface area contributed by atoms with Gasteiger partial charge in [0.05, 0.1) is 29.3 Å². The molecule has 28 heavy (non-hydrogen) atoms. The Balaban J connectivity index is 1.85. The summed E-state index contributed by atoms with van der Waals surface area (Å²) < 4.78 is 25.1. The molecule has 1 saturated heterocycles. The van der Waals surface area contributed by atoms with Crippen LogP contribution in [0.4, 0.5) is 5.69 Å². The van der Waals surface area contributed by atoms with E-state index in [1.54, 1.807) is 18.5 Å². The van der Waals surface area contributed by atoms with E-state index in [9.17, 15) is 23.4 Å². The predicted molar refractivity (Wildman–Crippen MR) is 99.0 cm³/mol. The van der Waals surface area contributed by atoms with Gasteiger partial charge >= 0.3 is 16.5 Å². The Labute approximate surface area is 163 Å². The van der Waals surface area contributed by atoms with E-state index < -0.39 is 33.8 Å². The molecule has 11 nitrogen and oxygen atoms in total. The maximum Gasteiger partial charge on any atom is 0.332 e. The summed E-state index contributed by atoms with van der Waals surface area (Å²) in [6.07, 6.45) is 4.24. The van der Waals surface area contributed by atoms with Crippen LogP contribution in [-0.2, 0) is 15.3 Å². The van der Waals surface area contributed by atoms with Gasteiger partial charge in [-0.25, -0.2) is 4.79 Å². The molecule has 1 aromatic heterocycles. The molecule has 0 aromatic carbocycles. The Morgan fingerprint density at radius 1 is 1.25 bits per heavy atom. The SMILES string of the molecule is O=C(O)C(N=S(=O)=O)C1(O)CCC(Nc2ccnnc2)(N2CCNCC2)CC1. The van der Waals surface area contributed by atoms with Crippen molar-refractivity contribution in [2.45, 2.75) is 43.0 Å². The van der Waals surface area contributed by atoms with Gasteiger partial charge in [-0.1, -0.05) is 0 Å². The molecule has 1 aliphatic heterocycles. The van der Waals surface area contributed by atoms with Gasteiger partial charge in [0.15, 0.2) is 6.04 Å². The van der Waals surface area contributed by atoms with Crippen LogP contribution in [0.3, 0.4) is 0 Å². The number of piperazine rings is 1. The minimum Gasteiger partial charge on any atom is -0.480 e. The molecule has 2 fully saturated rings.